The number of phenolic OH excluding ortho intramolecular Hbond substituents is 2. The number of hydrogen-bond donors (Lipinski definition) is 9. The first-order chi connectivity index (χ1) is 22.9. The third-order valence-corrected chi connectivity index (χ3v) is 8.10. The molecule has 0 saturated carbocycles. The van der Waals surface area contributed by atoms with Gasteiger partial charge < -0.3 is 83.5 Å². The highest BCUT2D eigenvalue weighted by molar-refractivity contribution is 5.91. The molecule has 2 aliphatic rings. The third kappa shape index (κ3) is 6.18. The summed E-state index contributed by atoms with van der Waals surface area (Å²) in [4.78, 5) is 14.1. The summed E-state index contributed by atoms with van der Waals surface area (Å²) in [5.74, 6) is -2.15. The van der Waals surface area contributed by atoms with Gasteiger partial charge in [-0.05, 0) is 18.2 Å². The molecular formula is C30H36O18. The molecule has 2 saturated heterocycles. The van der Waals surface area contributed by atoms with Crippen molar-refractivity contribution in [1.82, 2.24) is 0 Å². The van der Waals surface area contributed by atoms with E-state index in [1.165, 1.54) is 45.6 Å². The summed E-state index contributed by atoms with van der Waals surface area (Å²) >= 11 is 0. The summed E-state index contributed by atoms with van der Waals surface area (Å²) in [6.45, 7) is -1.66. The number of phenols is 2. The van der Waals surface area contributed by atoms with E-state index in [-0.39, 0.29) is 39.9 Å². The lowest BCUT2D eigenvalue weighted by molar-refractivity contribution is -0.352. The topological polar surface area (TPSA) is 277 Å². The maximum absolute atomic E-state index is 14.1. The number of hydrogen-bond acceptors (Lipinski definition) is 18. The lowest BCUT2D eigenvalue weighted by Crippen LogP contribution is -2.65. The van der Waals surface area contributed by atoms with Gasteiger partial charge in [-0.25, -0.2) is 0 Å². The van der Waals surface area contributed by atoms with Crippen molar-refractivity contribution in [2.75, 3.05) is 34.5 Å². The number of rotatable bonds is 10. The van der Waals surface area contributed by atoms with Crippen LogP contribution in [0.4, 0.5) is 0 Å². The Kier molecular flexibility index (Phi) is 10.5. The van der Waals surface area contributed by atoms with Gasteiger partial charge in [-0.15, -0.1) is 0 Å². The predicted molar refractivity (Wildman–Crippen MR) is 158 cm³/mol. The number of aliphatic hydroxyl groups is 7. The lowest BCUT2D eigenvalue weighted by atomic mass is 9.97. The van der Waals surface area contributed by atoms with Crippen molar-refractivity contribution < 1.29 is 83.5 Å². The summed E-state index contributed by atoms with van der Waals surface area (Å²) in [6.07, 6.45) is -17.8. The minimum Gasteiger partial charge on any atom is -0.504 e. The van der Waals surface area contributed by atoms with Gasteiger partial charge in [0.2, 0.25) is 23.2 Å². The maximum Gasteiger partial charge on any atom is 0.239 e. The van der Waals surface area contributed by atoms with Crippen LogP contribution in [0.1, 0.15) is 0 Å². The second-order valence-corrected chi connectivity index (χ2v) is 10.9. The molecule has 18 heteroatoms. The van der Waals surface area contributed by atoms with E-state index in [0.29, 0.717) is 0 Å². The summed E-state index contributed by atoms with van der Waals surface area (Å²) in [5.41, 5.74) is -1.10. The minimum absolute atomic E-state index is 0.00699. The van der Waals surface area contributed by atoms with Gasteiger partial charge in [-0.1, -0.05) is 0 Å². The quantitative estimate of drug-likeness (QED) is 0.111. The Morgan fingerprint density at radius 2 is 1.38 bits per heavy atom. The van der Waals surface area contributed by atoms with Crippen LogP contribution < -0.4 is 24.4 Å². The largest absolute Gasteiger partial charge is 0.504 e. The van der Waals surface area contributed by atoms with Crippen LogP contribution in [0, 0.1) is 0 Å². The molecule has 0 amide bonds. The first-order valence-corrected chi connectivity index (χ1v) is 14.5. The Morgan fingerprint density at radius 1 is 0.729 bits per heavy atom. The molecule has 1 aromatic heterocycles. The number of methoxy groups -OCH3 is 3. The molecule has 3 heterocycles. The summed E-state index contributed by atoms with van der Waals surface area (Å²) in [6, 6.07) is 5.16. The smallest absolute Gasteiger partial charge is 0.239 e. The minimum atomic E-state index is -2.02. The Bertz CT molecular complexity index is 1660. The molecule has 5 rings (SSSR count). The Labute approximate surface area is 271 Å². The van der Waals surface area contributed by atoms with Crippen molar-refractivity contribution in [2.24, 2.45) is 0 Å². The monoisotopic (exact) mass is 684 g/mol. The molecule has 9 N–H and O–H groups in total. The van der Waals surface area contributed by atoms with Gasteiger partial charge >= 0.3 is 0 Å². The fourth-order valence-electron chi connectivity index (χ4n) is 5.50. The molecule has 2 fully saturated rings. The molecule has 4 unspecified atom stereocenters. The van der Waals surface area contributed by atoms with Gasteiger partial charge in [0.15, 0.2) is 35.0 Å². The molecule has 18 nitrogen and oxygen atoms in total. The normalized spacial score (nSPS) is 30.6. The molecular weight excluding hydrogens is 648 g/mol. The van der Waals surface area contributed by atoms with Crippen LogP contribution in [0.3, 0.4) is 0 Å². The van der Waals surface area contributed by atoms with Crippen LogP contribution in [0.5, 0.6) is 34.5 Å². The van der Waals surface area contributed by atoms with Gasteiger partial charge in [0.25, 0.3) is 0 Å². The average molecular weight is 685 g/mol. The highest BCUT2D eigenvalue weighted by Gasteiger charge is 2.51. The Balaban J connectivity index is 1.61. The molecule has 264 valence electrons. The van der Waals surface area contributed by atoms with Gasteiger partial charge in [-0.3, -0.25) is 4.79 Å². The summed E-state index contributed by atoms with van der Waals surface area (Å²) in [7, 11) is 3.80. The van der Waals surface area contributed by atoms with Gasteiger partial charge in [-0.2, -0.15) is 0 Å². The molecule has 0 radical (unpaired) electrons. The molecule has 48 heavy (non-hydrogen) atoms. The number of aromatic hydroxyl groups is 2. The zero-order chi connectivity index (χ0) is 35.0. The van der Waals surface area contributed by atoms with Crippen LogP contribution >= 0.6 is 0 Å². The van der Waals surface area contributed by atoms with E-state index in [4.69, 9.17) is 37.6 Å². The molecule has 3 aromatic rings. The van der Waals surface area contributed by atoms with Crippen molar-refractivity contribution in [3.8, 4) is 45.8 Å². The standard InChI is InChI=1S/C30H36O18/c1-41-12-6-10(4-5-11(12)33)25-28(21(37)17-13(44-25)7-14(42-2)26(43-3)20(17)36)48-30-24(40)27(19(35)16(9-32)46-30)47-29-23(39)22(38)18(34)15(8-31)45-29/h4-7,15-16,18-19,22-24,27,29-36,38-40H,8-9H2,1-3H3/t15?,16?,18-,19+,22+,23?,24?,27+,29+,30+/m1/s1. The predicted octanol–water partition coefficient (Wildman–Crippen LogP) is -2.10. The molecule has 0 spiro atoms. The molecule has 10 atom stereocenters. The van der Waals surface area contributed by atoms with E-state index >= 15 is 0 Å². The fourth-order valence-corrected chi connectivity index (χ4v) is 5.50. The van der Waals surface area contributed by atoms with Crippen LogP contribution in [-0.2, 0) is 14.2 Å². The Morgan fingerprint density at radius 3 is 2.00 bits per heavy atom. The number of ether oxygens (including phenoxy) is 7. The zero-order valence-electron chi connectivity index (χ0n) is 25.7. The Hall–Kier alpha value is -3.95. The SMILES string of the molecule is COc1cc(-c2oc3cc(OC)c(OC)c(O)c3c(=O)c2O[C@@H]2OC(CO)[C@H](O)[C@H](O[C@@H]3OC(CO)[C@@H](O)[C@H](O)C3O)C2O)ccc1O. The van der Waals surface area contributed by atoms with Crippen LogP contribution in [-0.4, -0.2) is 142 Å². The molecule has 2 aromatic carbocycles. The first-order valence-electron chi connectivity index (χ1n) is 14.5. The van der Waals surface area contributed by atoms with Crippen molar-refractivity contribution in [3.63, 3.8) is 0 Å². The van der Waals surface area contributed by atoms with Gasteiger partial charge in [0, 0.05) is 11.6 Å². The number of aliphatic hydroxyl groups excluding tert-OH is 7. The summed E-state index contributed by atoms with van der Waals surface area (Å²) < 4.78 is 44.1. The highest BCUT2D eigenvalue weighted by Crippen LogP contribution is 2.45. The first kappa shape index (κ1) is 35.4. The molecule has 0 aliphatic carbocycles. The second kappa shape index (κ2) is 14.3. The maximum atomic E-state index is 14.1. The number of benzene rings is 2. The highest BCUT2D eigenvalue weighted by atomic mass is 16.7. The van der Waals surface area contributed by atoms with E-state index in [2.05, 4.69) is 0 Å². The van der Waals surface area contributed by atoms with E-state index < -0.39 is 96.9 Å². The van der Waals surface area contributed by atoms with Crippen LogP contribution in [0.2, 0.25) is 0 Å². The lowest BCUT2D eigenvalue weighted by Gasteiger charge is -2.45. The van der Waals surface area contributed by atoms with Crippen molar-refractivity contribution in [2.45, 2.75) is 61.4 Å². The fraction of sp³-hybridized carbons (Fsp3) is 0.500. The van der Waals surface area contributed by atoms with Gasteiger partial charge in [0.1, 0.15) is 59.8 Å². The van der Waals surface area contributed by atoms with Gasteiger partial charge in [0.05, 0.1) is 34.5 Å². The van der Waals surface area contributed by atoms with Crippen molar-refractivity contribution in [1.29, 1.82) is 0 Å². The zero-order valence-corrected chi connectivity index (χ0v) is 25.7. The third-order valence-electron chi connectivity index (χ3n) is 8.10. The van der Waals surface area contributed by atoms with Crippen LogP contribution in [0.25, 0.3) is 22.3 Å². The van der Waals surface area contributed by atoms with Crippen LogP contribution in [0.15, 0.2) is 33.5 Å². The van der Waals surface area contributed by atoms with E-state index in [0.717, 1.165) is 0 Å². The number of fused-ring (bicyclic) bond motifs is 1. The average Bonchev–Trinajstić information content (AvgIpc) is 3.08. The van der Waals surface area contributed by atoms with E-state index in [1.807, 2.05) is 0 Å². The second-order valence-electron chi connectivity index (χ2n) is 10.9. The van der Waals surface area contributed by atoms with E-state index in [1.54, 1.807) is 0 Å². The van der Waals surface area contributed by atoms with Crippen molar-refractivity contribution in [3.05, 3.63) is 34.5 Å². The molecule has 2 aliphatic heterocycles. The molecule has 0 bridgehead atoms. The summed E-state index contributed by atoms with van der Waals surface area (Å²) in [5, 5.41) is 93.3. The van der Waals surface area contributed by atoms with E-state index in [9.17, 15) is 50.8 Å². The van der Waals surface area contributed by atoms with Crippen molar-refractivity contribution >= 4 is 11.0 Å².